The number of hydrogen-bond donors (Lipinski definition) is 0. The summed E-state index contributed by atoms with van der Waals surface area (Å²) in [6.07, 6.45) is -0.295. The van der Waals surface area contributed by atoms with Crippen LogP contribution in [0.4, 0.5) is 4.79 Å². The van der Waals surface area contributed by atoms with Crippen LogP contribution in [0, 0.1) is 5.92 Å². The Bertz CT molecular complexity index is 347. The molecule has 5 nitrogen and oxygen atoms in total. The van der Waals surface area contributed by atoms with Crippen LogP contribution in [-0.2, 0) is 9.53 Å². The van der Waals surface area contributed by atoms with E-state index in [4.69, 9.17) is 4.74 Å². The SMILES string of the molecule is CC(C)C(=O)N1CCN(C(=O)OC(C)(C)C)CC1C. The Hall–Kier alpha value is -1.26. The molecule has 1 unspecified atom stereocenters. The zero-order valence-electron chi connectivity index (χ0n) is 12.9. The summed E-state index contributed by atoms with van der Waals surface area (Å²) in [5, 5.41) is 0. The van der Waals surface area contributed by atoms with Crippen LogP contribution in [0.1, 0.15) is 41.5 Å². The second-order valence-electron chi connectivity index (χ2n) is 6.46. The number of nitrogens with zero attached hydrogens (tertiary/aromatic N) is 2. The minimum absolute atomic E-state index is 0.00414. The molecule has 0 aromatic rings. The van der Waals surface area contributed by atoms with E-state index in [1.165, 1.54) is 0 Å². The van der Waals surface area contributed by atoms with Gasteiger partial charge in [0.25, 0.3) is 0 Å². The summed E-state index contributed by atoms with van der Waals surface area (Å²) in [4.78, 5) is 27.5. The molecule has 1 fully saturated rings. The van der Waals surface area contributed by atoms with Crippen molar-refractivity contribution in [2.45, 2.75) is 53.2 Å². The van der Waals surface area contributed by atoms with E-state index in [1.54, 1.807) is 4.90 Å². The van der Waals surface area contributed by atoms with Crippen LogP contribution in [0.25, 0.3) is 0 Å². The number of piperazine rings is 1. The highest BCUT2D eigenvalue weighted by Crippen LogP contribution is 2.16. The van der Waals surface area contributed by atoms with Crippen LogP contribution >= 0.6 is 0 Å². The highest BCUT2D eigenvalue weighted by atomic mass is 16.6. The van der Waals surface area contributed by atoms with Gasteiger partial charge >= 0.3 is 6.09 Å². The molecule has 1 saturated heterocycles. The third-order valence-electron chi connectivity index (χ3n) is 3.06. The summed E-state index contributed by atoms with van der Waals surface area (Å²) in [5.41, 5.74) is -0.481. The highest BCUT2D eigenvalue weighted by molar-refractivity contribution is 5.79. The highest BCUT2D eigenvalue weighted by Gasteiger charge is 2.32. The van der Waals surface area contributed by atoms with Gasteiger partial charge in [-0.15, -0.1) is 0 Å². The molecule has 0 radical (unpaired) electrons. The van der Waals surface area contributed by atoms with Gasteiger partial charge in [0.15, 0.2) is 0 Å². The number of carbonyl (C=O) groups excluding carboxylic acids is 2. The molecule has 0 aliphatic carbocycles. The number of hydrogen-bond acceptors (Lipinski definition) is 3. The lowest BCUT2D eigenvalue weighted by Crippen LogP contribution is -2.56. The van der Waals surface area contributed by atoms with E-state index in [1.807, 2.05) is 46.4 Å². The molecule has 5 heteroatoms. The average Bonchev–Trinajstić information content (AvgIpc) is 2.25. The Labute approximate surface area is 115 Å². The molecule has 0 N–H and O–H groups in total. The lowest BCUT2D eigenvalue weighted by atomic mass is 10.1. The lowest BCUT2D eigenvalue weighted by Gasteiger charge is -2.40. The van der Waals surface area contributed by atoms with Crippen molar-refractivity contribution in [2.75, 3.05) is 19.6 Å². The number of rotatable bonds is 1. The monoisotopic (exact) mass is 270 g/mol. The van der Waals surface area contributed by atoms with Crippen LogP contribution < -0.4 is 0 Å². The largest absolute Gasteiger partial charge is 0.444 e. The van der Waals surface area contributed by atoms with E-state index in [0.29, 0.717) is 19.6 Å². The molecular formula is C14H26N2O3. The van der Waals surface area contributed by atoms with E-state index in [2.05, 4.69) is 0 Å². The second kappa shape index (κ2) is 5.80. The lowest BCUT2D eigenvalue weighted by molar-refractivity contribution is -0.138. The molecule has 1 heterocycles. The van der Waals surface area contributed by atoms with Gasteiger partial charge in [-0.2, -0.15) is 0 Å². The van der Waals surface area contributed by atoms with Crippen LogP contribution in [0.5, 0.6) is 0 Å². The fourth-order valence-electron chi connectivity index (χ4n) is 2.11. The summed E-state index contributed by atoms with van der Waals surface area (Å²) < 4.78 is 5.35. The van der Waals surface area contributed by atoms with Crippen molar-refractivity contribution in [1.82, 2.24) is 9.80 Å². The van der Waals surface area contributed by atoms with Crippen LogP contribution in [0.2, 0.25) is 0 Å². The van der Waals surface area contributed by atoms with Gasteiger partial charge in [0.1, 0.15) is 5.60 Å². The Morgan fingerprint density at radius 2 is 1.79 bits per heavy atom. The molecule has 19 heavy (non-hydrogen) atoms. The normalized spacial score (nSPS) is 20.7. The maximum absolute atomic E-state index is 12.0. The Morgan fingerprint density at radius 3 is 2.21 bits per heavy atom. The molecule has 1 aliphatic rings. The number of carbonyl (C=O) groups is 2. The first-order chi connectivity index (χ1) is 8.61. The molecule has 1 rings (SSSR count). The van der Waals surface area contributed by atoms with Gasteiger partial charge in [0.2, 0.25) is 5.91 Å². The molecule has 1 aliphatic heterocycles. The van der Waals surface area contributed by atoms with Gasteiger partial charge in [0.05, 0.1) is 0 Å². The smallest absolute Gasteiger partial charge is 0.410 e. The van der Waals surface area contributed by atoms with E-state index in [9.17, 15) is 9.59 Å². The zero-order valence-corrected chi connectivity index (χ0v) is 12.9. The van der Waals surface area contributed by atoms with Gasteiger partial charge in [-0.05, 0) is 27.7 Å². The minimum Gasteiger partial charge on any atom is -0.444 e. The minimum atomic E-state index is -0.481. The molecule has 2 amide bonds. The third kappa shape index (κ3) is 4.40. The average molecular weight is 270 g/mol. The maximum atomic E-state index is 12.0. The molecule has 0 spiro atoms. The summed E-state index contributed by atoms with van der Waals surface area (Å²) >= 11 is 0. The second-order valence-corrected chi connectivity index (χ2v) is 6.46. The van der Waals surface area contributed by atoms with Crippen molar-refractivity contribution in [2.24, 2.45) is 5.92 Å². The van der Waals surface area contributed by atoms with Crippen LogP contribution in [0.15, 0.2) is 0 Å². The standard InChI is InChI=1S/C14H26N2O3/c1-10(2)12(17)16-8-7-15(9-11(16)3)13(18)19-14(4,5)6/h10-11H,7-9H2,1-6H3. The zero-order chi connectivity index (χ0) is 14.8. The van der Waals surface area contributed by atoms with Gasteiger partial charge in [-0.25, -0.2) is 4.79 Å². The van der Waals surface area contributed by atoms with Crippen LogP contribution in [0.3, 0.4) is 0 Å². The number of ether oxygens (including phenoxy) is 1. The first-order valence-electron chi connectivity index (χ1n) is 6.90. The molecule has 1 atom stereocenters. The van der Waals surface area contributed by atoms with Crippen molar-refractivity contribution in [1.29, 1.82) is 0 Å². The third-order valence-corrected chi connectivity index (χ3v) is 3.06. The van der Waals surface area contributed by atoms with Gasteiger partial charge < -0.3 is 14.5 Å². The first kappa shape index (κ1) is 15.8. The molecule has 0 aromatic carbocycles. The fraction of sp³-hybridized carbons (Fsp3) is 0.857. The molecule has 0 saturated carbocycles. The molecule has 0 bridgehead atoms. The topological polar surface area (TPSA) is 49.9 Å². The summed E-state index contributed by atoms with van der Waals surface area (Å²) in [6, 6.07) is 0.0381. The van der Waals surface area contributed by atoms with E-state index in [0.717, 1.165) is 0 Å². The van der Waals surface area contributed by atoms with Crippen molar-refractivity contribution < 1.29 is 14.3 Å². The van der Waals surface area contributed by atoms with E-state index >= 15 is 0 Å². The summed E-state index contributed by atoms with van der Waals surface area (Å²) in [7, 11) is 0. The van der Waals surface area contributed by atoms with Gasteiger partial charge in [-0.1, -0.05) is 13.8 Å². The van der Waals surface area contributed by atoms with E-state index in [-0.39, 0.29) is 24.0 Å². The predicted octanol–water partition coefficient (Wildman–Crippen LogP) is 2.11. The van der Waals surface area contributed by atoms with Crippen LogP contribution in [-0.4, -0.2) is 53.1 Å². The van der Waals surface area contributed by atoms with Crippen molar-refractivity contribution in [3.8, 4) is 0 Å². The quantitative estimate of drug-likeness (QED) is 0.733. The fourth-order valence-corrected chi connectivity index (χ4v) is 2.11. The van der Waals surface area contributed by atoms with Crippen molar-refractivity contribution in [3.63, 3.8) is 0 Å². The first-order valence-corrected chi connectivity index (χ1v) is 6.90. The molecule has 110 valence electrons. The Balaban J connectivity index is 2.59. The Kier molecular flexibility index (Phi) is 4.82. The summed E-state index contributed by atoms with van der Waals surface area (Å²) in [6.45, 7) is 13.0. The number of amides is 2. The van der Waals surface area contributed by atoms with E-state index < -0.39 is 5.60 Å². The summed E-state index contributed by atoms with van der Waals surface area (Å²) in [5.74, 6) is 0.145. The van der Waals surface area contributed by atoms with Gasteiger partial charge in [-0.3, -0.25) is 4.79 Å². The molecule has 0 aromatic heterocycles. The maximum Gasteiger partial charge on any atom is 0.410 e. The predicted molar refractivity (Wildman–Crippen MR) is 73.8 cm³/mol. The van der Waals surface area contributed by atoms with Gasteiger partial charge in [0, 0.05) is 31.6 Å². The molecular weight excluding hydrogens is 244 g/mol. The van der Waals surface area contributed by atoms with Crippen molar-refractivity contribution in [3.05, 3.63) is 0 Å². The van der Waals surface area contributed by atoms with Crippen molar-refractivity contribution >= 4 is 12.0 Å². The Morgan fingerprint density at radius 1 is 1.21 bits per heavy atom.